The van der Waals surface area contributed by atoms with Crippen molar-refractivity contribution in [3.8, 4) is 0 Å². The molecule has 0 radical (unpaired) electrons. The Balaban J connectivity index is 1.79. The average Bonchev–Trinajstić information content (AvgIpc) is 2.49. The molecule has 2 aliphatic heterocycles. The fourth-order valence-electron chi connectivity index (χ4n) is 3.18. The second kappa shape index (κ2) is 7.54. The second-order valence-electron chi connectivity index (χ2n) is 6.18. The molecule has 1 atom stereocenters. The van der Waals surface area contributed by atoms with Crippen LogP contribution >= 0.6 is 0 Å². The van der Waals surface area contributed by atoms with Gasteiger partial charge in [-0.15, -0.1) is 0 Å². The predicted octanol–water partition coefficient (Wildman–Crippen LogP) is 0.0971. The summed E-state index contributed by atoms with van der Waals surface area (Å²) in [4.78, 5) is 16.1. The molecule has 6 heteroatoms. The lowest BCUT2D eigenvalue weighted by Crippen LogP contribution is -2.56. The monoisotopic (exact) mass is 300 g/mol. The minimum absolute atomic E-state index is 0.147. The quantitative estimate of drug-likeness (QED) is 0.780. The Bertz CT molecular complexity index is 343. The highest BCUT2D eigenvalue weighted by Crippen LogP contribution is 2.35. The van der Waals surface area contributed by atoms with E-state index in [1.807, 2.05) is 16.8 Å². The molecule has 0 aliphatic carbocycles. The number of hydrogen-bond donors (Lipinski definition) is 1. The lowest BCUT2D eigenvalue weighted by atomic mass is 9.82. The van der Waals surface area contributed by atoms with Gasteiger partial charge in [0.15, 0.2) is 0 Å². The van der Waals surface area contributed by atoms with E-state index in [0.29, 0.717) is 26.2 Å². The van der Waals surface area contributed by atoms with Crippen molar-refractivity contribution in [3.05, 3.63) is 0 Å². The maximum Gasteiger partial charge on any atom is 0.236 e. The zero-order valence-corrected chi connectivity index (χ0v) is 13.2. The SMILES string of the molecule is COCCN(C)CC(=O)N1CCC2(CC1)OCCC[C@@H]2O. The summed E-state index contributed by atoms with van der Waals surface area (Å²) in [6.07, 6.45) is 2.83. The third kappa shape index (κ3) is 4.16. The van der Waals surface area contributed by atoms with Crippen LogP contribution in [0.4, 0.5) is 0 Å². The average molecular weight is 300 g/mol. The smallest absolute Gasteiger partial charge is 0.236 e. The van der Waals surface area contributed by atoms with Gasteiger partial charge in [-0.2, -0.15) is 0 Å². The van der Waals surface area contributed by atoms with Gasteiger partial charge in [0.05, 0.1) is 24.9 Å². The van der Waals surface area contributed by atoms with E-state index in [9.17, 15) is 9.90 Å². The molecule has 21 heavy (non-hydrogen) atoms. The minimum Gasteiger partial charge on any atom is -0.390 e. The molecule has 0 unspecified atom stereocenters. The Kier molecular flexibility index (Phi) is 5.98. The molecule has 1 spiro atoms. The van der Waals surface area contributed by atoms with Crippen LogP contribution in [0.15, 0.2) is 0 Å². The van der Waals surface area contributed by atoms with Gasteiger partial charge < -0.3 is 19.5 Å². The van der Waals surface area contributed by atoms with Crippen molar-refractivity contribution in [1.82, 2.24) is 9.80 Å². The normalized spacial score (nSPS) is 25.5. The number of rotatable bonds is 5. The molecule has 0 saturated carbocycles. The molecule has 1 amide bonds. The Morgan fingerprint density at radius 2 is 2.19 bits per heavy atom. The number of piperidine rings is 1. The zero-order valence-electron chi connectivity index (χ0n) is 13.2. The molecule has 0 aromatic heterocycles. The van der Waals surface area contributed by atoms with Crippen molar-refractivity contribution >= 4 is 5.91 Å². The molecule has 122 valence electrons. The van der Waals surface area contributed by atoms with Gasteiger partial charge >= 0.3 is 0 Å². The number of methoxy groups -OCH3 is 1. The van der Waals surface area contributed by atoms with Crippen molar-refractivity contribution in [1.29, 1.82) is 0 Å². The first kappa shape index (κ1) is 16.7. The summed E-state index contributed by atoms with van der Waals surface area (Å²) in [6.45, 7) is 3.88. The largest absolute Gasteiger partial charge is 0.390 e. The van der Waals surface area contributed by atoms with Crippen LogP contribution < -0.4 is 0 Å². The van der Waals surface area contributed by atoms with E-state index >= 15 is 0 Å². The van der Waals surface area contributed by atoms with E-state index in [1.54, 1.807) is 7.11 Å². The lowest BCUT2D eigenvalue weighted by molar-refractivity contribution is -0.179. The van der Waals surface area contributed by atoms with Crippen molar-refractivity contribution < 1.29 is 19.4 Å². The summed E-state index contributed by atoms with van der Waals surface area (Å²) in [5.74, 6) is 0.147. The number of likely N-dealkylation sites (N-methyl/N-ethyl adjacent to an activating group) is 1. The van der Waals surface area contributed by atoms with E-state index in [-0.39, 0.29) is 12.0 Å². The second-order valence-corrected chi connectivity index (χ2v) is 6.18. The van der Waals surface area contributed by atoms with Crippen LogP contribution in [0.1, 0.15) is 25.7 Å². The topological polar surface area (TPSA) is 62.2 Å². The third-order valence-electron chi connectivity index (χ3n) is 4.66. The molecule has 2 fully saturated rings. The summed E-state index contributed by atoms with van der Waals surface area (Å²) in [5.41, 5.74) is -0.406. The minimum atomic E-state index is -0.406. The van der Waals surface area contributed by atoms with Crippen molar-refractivity contribution in [3.63, 3.8) is 0 Å². The molecule has 2 rings (SSSR count). The Morgan fingerprint density at radius 3 is 2.81 bits per heavy atom. The highest BCUT2D eigenvalue weighted by atomic mass is 16.5. The predicted molar refractivity (Wildman–Crippen MR) is 79.1 cm³/mol. The molecule has 0 aromatic rings. The van der Waals surface area contributed by atoms with Crippen LogP contribution in [0.2, 0.25) is 0 Å². The van der Waals surface area contributed by atoms with Crippen LogP contribution in [0.5, 0.6) is 0 Å². The maximum absolute atomic E-state index is 12.3. The molecule has 0 aromatic carbocycles. The Morgan fingerprint density at radius 1 is 1.48 bits per heavy atom. The van der Waals surface area contributed by atoms with E-state index in [0.717, 1.165) is 38.8 Å². The Hall–Kier alpha value is -0.690. The van der Waals surface area contributed by atoms with Gasteiger partial charge in [0.25, 0.3) is 0 Å². The number of carbonyl (C=O) groups excluding carboxylic acids is 1. The highest BCUT2D eigenvalue weighted by molar-refractivity contribution is 5.78. The highest BCUT2D eigenvalue weighted by Gasteiger charge is 2.44. The van der Waals surface area contributed by atoms with Crippen LogP contribution in [-0.2, 0) is 14.3 Å². The van der Waals surface area contributed by atoms with E-state index in [2.05, 4.69) is 0 Å². The molecule has 0 bridgehead atoms. The number of carbonyl (C=O) groups is 1. The third-order valence-corrected chi connectivity index (χ3v) is 4.66. The Labute approximate surface area is 127 Å². The lowest BCUT2D eigenvalue weighted by Gasteiger charge is -2.46. The van der Waals surface area contributed by atoms with E-state index in [4.69, 9.17) is 9.47 Å². The standard InChI is InChI=1S/C15H28N2O4/c1-16(9-11-20-2)12-14(19)17-7-5-15(6-8-17)13(18)4-3-10-21-15/h13,18H,3-12H2,1-2H3/t13-/m0/s1. The molecule has 2 saturated heterocycles. The number of hydrogen-bond acceptors (Lipinski definition) is 5. The van der Waals surface area contributed by atoms with Crippen LogP contribution in [-0.4, -0.2) is 86.1 Å². The maximum atomic E-state index is 12.3. The van der Waals surface area contributed by atoms with Crippen molar-refractivity contribution in [2.24, 2.45) is 0 Å². The molecular weight excluding hydrogens is 272 g/mol. The van der Waals surface area contributed by atoms with Gasteiger partial charge in [0.2, 0.25) is 5.91 Å². The number of nitrogens with zero attached hydrogens (tertiary/aromatic N) is 2. The molecule has 2 heterocycles. The van der Waals surface area contributed by atoms with Crippen molar-refractivity contribution in [2.45, 2.75) is 37.4 Å². The summed E-state index contributed by atoms with van der Waals surface area (Å²) < 4.78 is 10.9. The van der Waals surface area contributed by atoms with Gasteiger partial charge in [-0.25, -0.2) is 0 Å². The van der Waals surface area contributed by atoms with Crippen molar-refractivity contribution in [2.75, 3.05) is 53.6 Å². The fourth-order valence-corrected chi connectivity index (χ4v) is 3.18. The number of amides is 1. The van der Waals surface area contributed by atoms with Gasteiger partial charge in [-0.1, -0.05) is 0 Å². The van der Waals surface area contributed by atoms with Crippen LogP contribution in [0, 0.1) is 0 Å². The first-order valence-corrected chi connectivity index (χ1v) is 7.85. The van der Waals surface area contributed by atoms with E-state index in [1.165, 1.54) is 0 Å². The molecule has 1 N–H and O–H groups in total. The first-order chi connectivity index (χ1) is 10.1. The zero-order chi connectivity index (χ0) is 15.3. The summed E-state index contributed by atoms with van der Waals surface area (Å²) in [5, 5.41) is 10.2. The summed E-state index contributed by atoms with van der Waals surface area (Å²) in [6, 6.07) is 0. The number of likely N-dealkylation sites (tertiary alicyclic amines) is 1. The number of ether oxygens (including phenoxy) is 2. The van der Waals surface area contributed by atoms with Gasteiger partial charge in [0, 0.05) is 33.4 Å². The van der Waals surface area contributed by atoms with Gasteiger partial charge in [0.1, 0.15) is 0 Å². The van der Waals surface area contributed by atoms with Crippen LogP contribution in [0.3, 0.4) is 0 Å². The van der Waals surface area contributed by atoms with Crippen LogP contribution in [0.25, 0.3) is 0 Å². The summed E-state index contributed by atoms with van der Waals surface area (Å²) in [7, 11) is 3.59. The molecular formula is C15H28N2O4. The number of aliphatic hydroxyl groups excluding tert-OH is 1. The van der Waals surface area contributed by atoms with Gasteiger partial charge in [-0.3, -0.25) is 9.69 Å². The summed E-state index contributed by atoms with van der Waals surface area (Å²) >= 11 is 0. The number of aliphatic hydroxyl groups is 1. The van der Waals surface area contributed by atoms with E-state index < -0.39 is 5.60 Å². The fraction of sp³-hybridized carbons (Fsp3) is 0.933. The molecule has 2 aliphatic rings. The first-order valence-electron chi connectivity index (χ1n) is 7.85. The molecule has 6 nitrogen and oxygen atoms in total. The van der Waals surface area contributed by atoms with Gasteiger partial charge in [-0.05, 0) is 32.7 Å².